The van der Waals surface area contributed by atoms with Crippen molar-refractivity contribution in [3.8, 4) is 12.5 Å². The Bertz CT molecular complexity index is 1470. The van der Waals surface area contributed by atoms with E-state index in [1.54, 1.807) is 30.6 Å². The Hall–Kier alpha value is -3.09. The lowest BCUT2D eigenvalue weighted by molar-refractivity contribution is -0.0475. The summed E-state index contributed by atoms with van der Waals surface area (Å²) in [6, 6.07) is 8.93. The summed E-state index contributed by atoms with van der Waals surface area (Å²) in [5.41, 5.74) is 1.42. The maximum atomic E-state index is 12.9. The van der Waals surface area contributed by atoms with Crippen LogP contribution in [0.25, 0.3) is 11.2 Å². The van der Waals surface area contributed by atoms with Crippen LogP contribution in [0.5, 0.6) is 0 Å². The number of amides is 1. The molecule has 0 bridgehead atoms. The van der Waals surface area contributed by atoms with Crippen molar-refractivity contribution in [1.82, 2.24) is 19.5 Å². The Kier molecular flexibility index (Phi) is 9.26. The largest absolute Gasteiger partial charge is 0.438 e. The number of benzene rings is 1. The van der Waals surface area contributed by atoms with E-state index in [4.69, 9.17) is 24.7 Å². The number of terminal acetylenes is 1. The number of hydrogen-bond donors (Lipinski definition) is 1. The summed E-state index contributed by atoms with van der Waals surface area (Å²) < 4.78 is 28.0. The topological polar surface area (TPSA) is 110 Å². The van der Waals surface area contributed by atoms with E-state index in [9.17, 15) is 4.79 Å². The van der Waals surface area contributed by atoms with Crippen molar-refractivity contribution in [2.75, 3.05) is 11.9 Å². The van der Waals surface area contributed by atoms with Gasteiger partial charge in [-0.25, -0.2) is 15.0 Å². The number of imidazole rings is 1. The second-order valence-electron chi connectivity index (χ2n) is 14.0. The lowest BCUT2D eigenvalue weighted by Crippen LogP contribution is -2.50. The van der Waals surface area contributed by atoms with Gasteiger partial charge in [0.1, 0.15) is 24.6 Å². The molecule has 0 unspecified atom stereocenters. The van der Waals surface area contributed by atoms with Gasteiger partial charge < -0.3 is 23.6 Å². The molecule has 0 radical (unpaired) electrons. The van der Waals surface area contributed by atoms with Crippen LogP contribution in [0.3, 0.4) is 0 Å². The molecular formula is C31H45N5O5Si2. The maximum Gasteiger partial charge on any atom is 0.256 e. The lowest BCUT2D eigenvalue weighted by Gasteiger charge is -2.40. The molecule has 232 valence electrons. The summed E-state index contributed by atoms with van der Waals surface area (Å²) in [5.74, 6) is 0.00318. The fourth-order valence-electron chi connectivity index (χ4n) is 4.34. The molecule has 12 heteroatoms. The third-order valence-corrected chi connectivity index (χ3v) is 18.0. The molecule has 0 saturated carbocycles. The fraction of sp³-hybridized carbons (Fsp3) is 0.548. The highest BCUT2D eigenvalue weighted by molar-refractivity contribution is 6.74. The Balaban J connectivity index is 1.73. The first kappa shape index (κ1) is 32.8. The number of carbonyl (C=O) groups excluding carboxylic acids is 1. The number of hydrogen-bond acceptors (Lipinski definition) is 8. The first-order valence-electron chi connectivity index (χ1n) is 14.6. The molecule has 4 atom stereocenters. The van der Waals surface area contributed by atoms with E-state index in [1.807, 2.05) is 10.6 Å². The van der Waals surface area contributed by atoms with Gasteiger partial charge in [-0.2, -0.15) is 0 Å². The Morgan fingerprint density at radius 2 is 1.65 bits per heavy atom. The standard InChI is InChI=1S/C31H45N5O5Si2/c1-12-38-24-22(18-39-42(8,9)30(2,3)4)40-29(25(24)41-43(10,11)31(5,6)7)36-20-34-23-26(32-19-33-27(23)36)35-28(37)21-16-14-13-15-17-21/h1,13-17,19-20,22,24-25,29H,18H2,2-11H3,(H,32,33,35,37)/t22-,24-,25-,29-/m1/s1. The van der Waals surface area contributed by atoms with Crippen LogP contribution in [0.1, 0.15) is 58.1 Å². The Labute approximate surface area is 257 Å². The number of nitrogens with zero attached hydrogens (tertiary/aromatic N) is 4. The zero-order valence-electron chi connectivity index (χ0n) is 27.0. The van der Waals surface area contributed by atoms with Gasteiger partial charge in [-0.05, 0) is 48.4 Å². The zero-order valence-corrected chi connectivity index (χ0v) is 29.0. The van der Waals surface area contributed by atoms with Gasteiger partial charge in [0, 0.05) is 5.56 Å². The average Bonchev–Trinajstić information content (AvgIpc) is 3.49. The molecule has 10 nitrogen and oxygen atoms in total. The van der Waals surface area contributed by atoms with Crippen molar-refractivity contribution < 1.29 is 23.1 Å². The number of fused-ring (bicyclic) bond motifs is 1. The van der Waals surface area contributed by atoms with E-state index in [-0.39, 0.29) is 16.0 Å². The highest BCUT2D eigenvalue weighted by atomic mass is 28.4. The summed E-state index contributed by atoms with van der Waals surface area (Å²) in [4.78, 5) is 26.3. The summed E-state index contributed by atoms with van der Waals surface area (Å²) >= 11 is 0. The zero-order chi connectivity index (χ0) is 31.8. The van der Waals surface area contributed by atoms with Gasteiger partial charge in [-0.3, -0.25) is 9.36 Å². The highest BCUT2D eigenvalue weighted by Gasteiger charge is 2.53. The monoisotopic (exact) mass is 623 g/mol. The van der Waals surface area contributed by atoms with Crippen LogP contribution in [-0.2, 0) is 18.3 Å². The van der Waals surface area contributed by atoms with Crippen LogP contribution >= 0.6 is 0 Å². The second-order valence-corrected chi connectivity index (χ2v) is 23.6. The predicted molar refractivity (Wildman–Crippen MR) is 173 cm³/mol. The minimum atomic E-state index is -2.34. The molecule has 43 heavy (non-hydrogen) atoms. The molecule has 1 fully saturated rings. The summed E-state index contributed by atoms with van der Waals surface area (Å²) in [5, 5.41) is 2.80. The quantitative estimate of drug-likeness (QED) is 0.217. The van der Waals surface area contributed by atoms with E-state index in [0.29, 0.717) is 29.2 Å². The highest BCUT2D eigenvalue weighted by Crippen LogP contribution is 2.44. The third kappa shape index (κ3) is 6.86. The van der Waals surface area contributed by atoms with Gasteiger partial charge in [-0.15, -0.1) is 0 Å². The van der Waals surface area contributed by atoms with E-state index in [1.165, 1.54) is 6.33 Å². The van der Waals surface area contributed by atoms with E-state index < -0.39 is 41.2 Å². The van der Waals surface area contributed by atoms with E-state index >= 15 is 0 Å². The second kappa shape index (κ2) is 12.1. The minimum Gasteiger partial charge on any atom is -0.438 e. The molecule has 3 heterocycles. The fourth-order valence-corrected chi connectivity index (χ4v) is 6.63. The first-order chi connectivity index (χ1) is 20.0. The number of carbonyl (C=O) groups is 1. The molecule has 2 aromatic heterocycles. The van der Waals surface area contributed by atoms with Crippen LogP contribution in [0.2, 0.25) is 36.3 Å². The lowest BCUT2D eigenvalue weighted by atomic mass is 10.1. The van der Waals surface area contributed by atoms with Crippen LogP contribution in [0, 0.1) is 12.5 Å². The normalized spacial score (nSPS) is 21.5. The van der Waals surface area contributed by atoms with Crippen molar-refractivity contribution in [1.29, 1.82) is 0 Å². The SMILES string of the molecule is C#CO[C@H]1[C@@H](O[Si](C)(C)C(C)(C)C)[C@H](n2cnc3c(NC(=O)c4ccccc4)ncnc32)O[C@@H]1CO[Si](C)(C)C(C)(C)C. The average molecular weight is 624 g/mol. The molecule has 3 aromatic rings. The Morgan fingerprint density at radius 3 is 2.26 bits per heavy atom. The smallest absolute Gasteiger partial charge is 0.256 e. The van der Waals surface area contributed by atoms with Crippen LogP contribution in [0.15, 0.2) is 43.0 Å². The first-order valence-corrected chi connectivity index (χ1v) is 20.4. The number of rotatable bonds is 9. The molecular weight excluding hydrogens is 579 g/mol. The number of aromatic nitrogens is 4. The van der Waals surface area contributed by atoms with Gasteiger partial charge in [0.2, 0.25) is 0 Å². The molecule has 1 aromatic carbocycles. The molecule has 1 aliphatic heterocycles. The number of ether oxygens (including phenoxy) is 2. The minimum absolute atomic E-state index is 0.0164. The van der Waals surface area contributed by atoms with Crippen LogP contribution in [0.4, 0.5) is 5.82 Å². The van der Waals surface area contributed by atoms with Crippen molar-refractivity contribution >= 4 is 39.5 Å². The van der Waals surface area contributed by atoms with Gasteiger partial charge >= 0.3 is 0 Å². The van der Waals surface area contributed by atoms with Crippen LogP contribution in [-0.4, -0.2) is 67.0 Å². The van der Waals surface area contributed by atoms with Gasteiger partial charge in [0.05, 0.1) is 12.9 Å². The molecule has 1 saturated heterocycles. The van der Waals surface area contributed by atoms with Crippen molar-refractivity contribution in [3.05, 3.63) is 48.5 Å². The maximum absolute atomic E-state index is 12.9. The third-order valence-electron chi connectivity index (χ3n) is 9.04. The van der Waals surface area contributed by atoms with E-state index in [2.05, 4.69) is 94.1 Å². The van der Waals surface area contributed by atoms with Crippen molar-refractivity contribution in [2.24, 2.45) is 0 Å². The van der Waals surface area contributed by atoms with Gasteiger partial charge in [0.15, 0.2) is 45.9 Å². The molecule has 1 aliphatic rings. The van der Waals surface area contributed by atoms with Crippen LogP contribution < -0.4 is 5.32 Å². The molecule has 0 spiro atoms. The van der Waals surface area contributed by atoms with Gasteiger partial charge in [0.25, 0.3) is 5.91 Å². The number of nitrogens with one attached hydrogen (secondary N) is 1. The Morgan fingerprint density at radius 1 is 1.00 bits per heavy atom. The van der Waals surface area contributed by atoms with Crippen molar-refractivity contribution in [3.63, 3.8) is 0 Å². The summed E-state index contributed by atoms with van der Waals surface area (Å²) in [6.45, 7) is 22.2. The summed E-state index contributed by atoms with van der Waals surface area (Å²) in [6.07, 6.45) is 8.80. The predicted octanol–water partition coefficient (Wildman–Crippen LogP) is 6.36. The molecule has 0 aliphatic carbocycles. The molecule has 1 N–H and O–H groups in total. The number of anilines is 1. The molecule has 1 amide bonds. The molecule has 4 rings (SSSR count). The van der Waals surface area contributed by atoms with Crippen molar-refractivity contribution in [2.45, 2.75) is 102 Å². The summed E-state index contributed by atoms with van der Waals surface area (Å²) in [7, 11) is -4.44. The van der Waals surface area contributed by atoms with Gasteiger partial charge in [-0.1, -0.05) is 66.2 Å². The van der Waals surface area contributed by atoms with E-state index in [0.717, 1.165) is 0 Å².